The van der Waals surface area contributed by atoms with E-state index in [4.69, 9.17) is 85.3 Å². The molecule has 0 spiro atoms. The Balaban J connectivity index is 1.53. The first kappa shape index (κ1) is 87.7. The molecule has 0 aromatic heterocycles. The number of hydrogen-bond acceptors (Lipinski definition) is 31. The van der Waals surface area contributed by atoms with Crippen LogP contribution in [0.2, 0.25) is 0 Å². The second-order valence-electron chi connectivity index (χ2n) is 25.6. The number of Topliss-reactive ketones (excluding diaryl/α,β-unsaturated/α-hetero) is 1. The fourth-order valence-corrected chi connectivity index (χ4v) is 12.2. The van der Waals surface area contributed by atoms with Gasteiger partial charge in [0.05, 0.1) is 19.3 Å². The van der Waals surface area contributed by atoms with E-state index in [-0.39, 0.29) is 25.0 Å². The van der Waals surface area contributed by atoms with Crippen LogP contribution < -0.4 is 0 Å². The van der Waals surface area contributed by atoms with Gasteiger partial charge in [0, 0.05) is 81.7 Å². The monoisotopic (exact) mass is 1470 g/mol. The molecular weight excluding hydrogens is 1360 g/mol. The Morgan fingerprint density at radius 1 is 0.388 bits per heavy atom. The highest BCUT2D eigenvalue weighted by molar-refractivity contribution is 5.98. The minimum atomic E-state index is -1.99. The van der Waals surface area contributed by atoms with Crippen LogP contribution in [0.15, 0.2) is 30.3 Å². The van der Waals surface area contributed by atoms with E-state index in [1.54, 1.807) is 30.3 Å². The Morgan fingerprint density at radius 2 is 0.806 bits per heavy atom. The van der Waals surface area contributed by atoms with Crippen LogP contribution in [0.1, 0.15) is 222 Å². The summed E-state index contributed by atoms with van der Waals surface area (Å²) in [6.45, 7) is 12.0. The summed E-state index contributed by atoms with van der Waals surface area (Å²) in [5.41, 5.74) is 0.407. The fourth-order valence-electron chi connectivity index (χ4n) is 12.2. The van der Waals surface area contributed by atoms with Crippen molar-refractivity contribution in [3.63, 3.8) is 0 Å². The number of unbranched alkanes of at least 4 members (excludes halogenated alkanes) is 12. The zero-order valence-electron chi connectivity index (χ0n) is 61.3. The van der Waals surface area contributed by atoms with E-state index < -0.39 is 202 Å². The van der Waals surface area contributed by atoms with Crippen molar-refractivity contribution in [1.29, 1.82) is 0 Å². The van der Waals surface area contributed by atoms with E-state index in [0.29, 0.717) is 44.1 Å². The molecule has 0 saturated carbocycles. The normalized spacial score (nSPS) is 24.2. The maximum atomic E-state index is 13.1. The molecule has 4 rings (SSSR count). The molecule has 1 aromatic carbocycles. The van der Waals surface area contributed by atoms with Crippen molar-refractivity contribution in [2.24, 2.45) is 0 Å². The van der Waals surface area contributed by atoms with Gasteiger partial charge in [0.1, 0.15) is 24.9 Å². The van der Waals surface area contributed by atoms with Crippen molar-refractivity contribution in [1.82, 2.24) is 0 Å². The summed E-state index contributed by atoms with van der Waals surface area (Å²) >= 11 is 0. The standard InChI is InChI=1S/C72H106O31/c1-13-14-25-33-54(34-30-37-57(91-44(4)75)56(90-43(3)74)35-28-22-20-18-16-15-17-19-21-23-29-36-58(92-45(5)76)69(85)87-38-55(84)53-31-26-24-27-32-53)100-70-66(63(96-49(9)80)59(40-88-70)93-46(6)77)102-71-67(64(97-50(10)81)60(41-89-71)94-47(7)78)103-72-68(99-52(12)83)65(98-51(11)82)62(95-48(8)79)61(101-72)39-86-42(2)73/h24,26-27,31-32,54,56-68,70-72H,13-23,25,28-30,33-41H2,1-12H3/t54-,56-,57+,58+,59-,60-,61-,62-,63+,64+,65+,66-,67-,68-,70+,71+,72+/m1/s1. The van der Waals surface area contributed by atoms with Gasteiger partial charge in [-0.05, 0) is 51.4 Å². The average molecular weight is 1470 g/mol. The highest BCUT2D eigenvalue weighted by atomic mass is 16.8. The van der Waals surface area contributed by atoms with E-state index in [1.165, 1.54) is 20.8 Å². The fraction of sp³-hybridized carbons (Fsp3) is 0.736. The molecule has 0 bridgehead atoms. The number of carbonyl (C=O) groups is 13. The van der Waals surface area contributed by atoms with Gasteiger partial charge in [-0.3, -0.25) is 57.5 Å². The van der Waals surface area contributed by atoms with E-state index in [9.17, 15) is 62.3 Å². The van der Waals surface area contributed by atoms with Gasteiger partial charge in [0.2, 0.25) is 0 Å². The highest BCUT2D eigenvalue weighted by Gasteiger charge is 2.58. The summed E-state index contributed by atoms with van der Waals surface area (Å²) in [4.78, 5) is 165. The number of esters is 12. The Bertz CT molecular complexity index is 2880. The summed E-state index contributed by atoms with van der Waals surface area (Å²) in [6.07, 6.45) is -11.6. The van der Waals surface area contributed by atoms with Crippen molar-refractivity contribution in [3.05, 3.63) is 35.9 Å². The molecule has 31 nitrogen and oxygen atoms in total. The summed E-state index contributed by atoms with van der Waals surface area (Å²) < 4.78 is 106. The quantitative estimate of drug-likeness (QED) is 0.0261. The van der Waals surface area contributed by atoms with Gasteiger partial charge in [-0.2, -0.15) is 0 Å². The Labute approximate surface area is 601 Å². The van der Waals surface area contributed by atoms with Crippen molar-refractivity contribution in [2.45, 2.75) is 316 Å². The van der Waals surface area contributed by atoms with E-state index >= 15 is 0 Å². The first-order valence-electron chi connectivity index (χ1n) is 35.4. The lowest BCUT2D eigenvalue weighted by Gasteiger charge is -2.48. The minimum Gasteiger partial charge on any atom is -0.463 e. The van der Waals surface area contributed by atoms with E-state index in [1.807, 2.05) is 6.92 Å². The van der Waals surface area contributed by atoms with Crippen LogP contribution in [-0.4, -0.2) is 208 Å². The molecule has 3 aliphatic heterocycles. The first-order valence-corrected chi connectivity index (χ1v) is 35.4. The number of ketones is 1. The molecule has 0 radical (unpaired) electrons. The maximum absolute atomic E-state index is 13.1. The smallest absolute Gasteiger partial charge is 0.347 e. The molecule has 3 aliphatic rings. The molecule has 17 atom stereocenters. The predicted octanol–water partition coefficient (Wildman–Crippen LogP) is 7.71. The van der Waals surface area contributed by atoms with Crippen molar-refractivity contribution in [2.75, 3.05) is 26.4 Å². The van der Waals surface area contributed by atoms with Crippen LogP contribution >= 0.6 is 0 Å². The molecule has 103 heavy (non-hydrogen) atoms. The summed E-state index contributed by atoms with van der Waals surface area (Å²) in [7, 11) is 0. The zero-order chi connectivity index (χ0) is 76.1. The maximum Gasteiger partial charge on any atom is 0.347 e. The molecule has 0 unspecified atom stereocenters. The number of benzene rings is 1. The molecule has 0 N–H and O–H groups in total. The largest absolute Gasteiger partial charge is 0.463 e. The van der Waals surface area contributed by atoms with Gasteiger partial charge < -0.3 is 85.3 Å². The number of hydrogen-bond donors (Lipinski definition) is 0. The van der Waals surface area contributed by atoms with Gasteiger partial charge >= 0.3 is 71.6 Å². The Hall–Kier alpha value is -7.71. The number of rotatable bonds is 45. The van der Waals surface area contributed by atoms with Crippen LogP contribution in [0.4, 0.5) is 0 Å². The van der Waals surface area contributed by atoms with Gasteiger partial charge in [0.15, 0.2) is 92.3 Å². The van der Waals surface area contributed by atoms with Gasteiger partial charge in [-0.15, -0.1) is 0 Å². The van der Waals surface area contributed by atoms with E-state index in [2.05, 4.69) is 0 Å². The molecule has 0 aliphatic carbocycles. The lowest BCUT2D eigenvalue weighted by molar-refractivity contribution is -0.381. The van der Waals surface area contributed by atoms with Gasteiger partial charge in [-0.1, -0.05) is 114 Å². The Kier molecular flexibility index (Phi) is 39.9. The predicted molar refractivity (Wildman–Crippen MR) is 355 cm³/mol. The number of ether oxygens (including phenoxy) is 18. The lowest BCUT2D eigenvalue weighted by Crippen LogP contribution is -2.67. The molecule has 3 saturated heterocycles. The third-order valence-electron chi connectivity index (χ3n) is 16.5. The molecular formula is C72H106O31. The summed E-state index contributed by atoms with van der Waals surface area (Å²) in [6, 6.07) is 8.43. The summed E-state index contributed by atoms with van der Waals surface area (Å²) in [5, 5.41) is 0. The first-order chi connectivity index (χ1) is 49.0. The van der Waals surface area contributed by atoms with Crippen molar-refractivity contribution >= 4 is 77.4 Å². The van der Waals surface area contributed by atoms with Crippen LogP contribution in [0.5, 0.6) is 0 Å². The highest BCUT2D eigenvalue weighted by Crippen LogP contribution is 2.37. The van der Waals surface area contributed by atoms with E-state index in [0.717, 1.165) is 126 Å². The van der Waals surface area contributed by atoms with Crippen molar-refractivity contribution < 1.29 is 148 Å². The summed E-state index contributed by atoms with van der Waals surface area (Å²) in [5.74, 6) is -10.1. The van der Waals surface area contributed by atoms with Crippen molar-refractivity contribution in [3.8, 4) is 0 Å². The second-order valence-corrected chi connectivity index (χ2v) is 25.6. The molecule has 580 valence electrons. The van der Waals surface area contributed by atoms with Crippen LogP contribution in [-0.2, 0) is 143 Å². The average Bonchev–Trinajstić information content (AvgIpc) is 0.770. The lowest BCUT2D eigenvalue weighted by atomic mass is 9.97. The minimum absolute atomic E-state index is 0.215. The topological polar surface area (TPSA) is 388 Å². The second kappa shape index (κ2) is 46.9. The molecule has 1 aromatic rings. The third-order valence-corrected chi connectivity index (χ3v) is 16.5. The Morgan fingerprint density at radius 3 is 1.29 bits per heavy atom. The van der Waals surface area contributed by atoms with Crippen LogP contribution in [0.25, 0.3) is 0 Å². The SMILES string of the molecule is CCCCC[C@H](CCC[C@H](OC(C)=O)[C@@H](CCCCCCCCCCCCC[C@H](OC(C)=O)C(=O)OCC(=O)c1ccccc1)OC(C)=O)O[C@@H]1OC[C@@H](OC(C)=O)[C@H](OC(C)=O)[C@H]1O[C@@H]1OC[C@@H](OC(C)=O)[C@H](OC(C)=O)[C@H]1O[C@@H]1O[C@H](COC(C)=O)[C@@H](OC(C)=O)[C@H](OC(C)=O)[C@H]1OC(C)=O. The third kappa shape index (κ3) is 33.3. The zero-order valence-corrected chi connectivity index (χ0v) is 61.3. The molecule has 31 heteroatoms. The molecule has 3 fully saturated rings. The number of carbonyl (C=O) groups excluding carboxylic acids is 13. The molecule has 0 amide bonds. The molecule has 3 heterocycles. The van der Waals surface area contributed by atoms with Crippen LogP contribution in [0.3, 0.4) is 0 Å². The van der Waals surface area contributed by atoms with Gasteiger partial charge in [0.25, 0.3) is 0 Å². The van der Waals surface area contributed by atoms with Gasteiger partial charge in [-0.25, -0.2) is 4.79 Å². The van der Waals surface area contributed by atoms with Crippen LogP contribution in [0, 0.1) is 0 Å².